The van der Waals surface area contributed by atoms with E-state index < -0.39 is 18.5 Å². The van der Waals surface area contributed by atoms with Crippen LogP contribution in [0.4, 0.5) is 0 Å². The fraction of sp³-hybridized carbons (Fsp3) is 0.571. The van der Waals surface area contributed by atoms with Crippen molar-refractivity contribution in [2.45, 2.75) is 71.4 Å². The zero-order valence-corrected chi connectivity index (χ0v) is 18.8. The second kappa shape index (κ2) is 7.54. The highest BCUT2D eigenvalue weighted by Gasteiger charge is 2.43. The molecule has 0 atom stereocenters. The third kappa shape index (κ3) is 5.31. The van der Waals surface area contributed by atoms with Crippen molar-refractivity contribution >= 4 is 19.5 Å². The minimum Gasteiger partial charge on any atom is -0.496 e. The van der Waals surface area contributed by atoms with Gasteiger partial charge in [-0.1, -0.05) is 47.6 Å². The Kier molecular flexibility index (Phi) is 6.59. The predicted octanol–water partition coefficient (Wildman–Crippen LogP) is 4.83. The summed E-state index contributed by atoms with van der Waals surface area (Å²) in [4.78, 5) is 31.2. The van der Waals surface area contributed by atoms with Crippen molar-refractivity contribution in [2.24, 2.45) is 0 Å². The molecule has 0 saturated carbocycles. The molecule has 0 bridgehead atoms. The number of benzene rings is 1. The van der Waals surface area contributed by atoms with Crippen molar-refractivity contribution in [1.29, 1.82) is 0 Å². The highest BCUT2D eigenvalue weighted by atomic mass is 31.2. The van der Waals surface area contributed by atoms with Gasteiger partial charge < -0.3 is 14.5 Å². The molecule has 27 heavy (non-hydrogen) atoms. The maximum atomic E-state index is 12.4. The van der Waals surface area contributed by atoms with Crippen molar-refractivity contribution in [3.05, 3.63) is 34.9 Å². The molecule has 0 aliphatic heterocycles. The monoisotopic (exact) mass is 396 g/mol. The highest BCUT2D eigenvalue weighted by molar-refractivity contribution is 7.54. The Hall–Kier alpha value is -1.42. The van der Waals surface area contributed by atoms with E-state index in [0.29, 0.717) is 0 Å². The van der Waals surface area contributed by atoms with Crippen molar-refractivity contribution in [2.75, 3.05) is 7.11 Å². The molecular weight excluding hydrogens is 363 g/mol. The second-order valence-corrected chi connectivity index (χ2v) is 11.7. The van der Waals surface area contributed by atoms with Crippen LogP contribution in [-0.2, 0) is 20.2 Å². The summed E-state index contributed by atoms with van der Waals surface area (Å²) in [7, 11) is -2.90. The Morgan fingerprint density at radius 3 is 1.67 bits per heavy atom. The molecule has 0 spiro atoms. The lowest BCUT2D eigenvalue weighted by atomic mass is 9.78. The lowest BCUT2D eigenvalue weighted by Crippen LogP contribution is -2.29. The van der Waals surface area contributed by atoms with Gasteiger partial charge in [-0.3, -0.25) is 9.36 Å². The molecule has 0 unspecified atom stereocenters. The Labute approximate surface area is 163 Å². The van der Waals surface area contributed by atoms with Crippen LogP contribution in [0.1, 0.15) is 72.1 Å². The molecule has 1 aromatic carbocycles. The summed E-state index contributed by atoms with van der Waals surface area (Å²) in [5.41, 5.74) is 2.47. The molecule has 1 rings (SSSR count). The van der Waals surface area contributed by atoms with Crippen LogP contribution in [0.3, 0.4) is 0 Å². The van der Waals surface area contributed by atoms with Crippen molar-refractivity contribution in [1.82, 2.24) is 0 Å². The van der Waals surface area contributed by atoms with Gasteiger partial charge in [0.05, 0.1) is 7.11 Å². The lowest BCUT2D eigenvalue weighted by Gasteiger charge is -2.29. The summed E-state index contributed by atoms with van der Waals surface area (Å²) in [5.74, 6) is 0.218. The summed E-state index contributed by atoms with van der Waals surface area (Å²) in [6.45, 7) is 15.1. The molecule has 0 aromatic heterocycles. The largest absolute Gasteiger partial charge is 0.496 e. The molecule has 0 radical (unpaired) electrons. The zero-order valence-electron chi connectivity index (χ0n) is 17.9. The molecule has 0 fully saturated rings. The third-order valence-electron chi connectivity index (χ3n) is 4.69. The van der Waals surface area contributed by atoms with Gasteiger partial charge in [0, 0.05) is 11.1 Å². The predicted molar refractivity (Wildman–Crippen MR) is 111 cm³/mol. The van der Waals surface area contributed by atoms with Gasteiger partial charge in [0.15, 0.2) is 5.78 Å². The van der Waals surface area contributed by atoms with Crippen molar-refractivity contribution in [3.8, 4) is 5.75 Å². The van der Waals surface area contributed by atoms with Crippen LogP contribution >= 0.6 is 7.60 Å². The molecule has 6 heteroatoms. The maximum Gasteiger partial charge on any atom is 0.338 e. The fourth-order valence-electron chi connectivity index (χ4n) is 2.60. The zero-order chi connectivity index (χ0) is 21.4. The van der Waals surface area contributed by atoms with Crippen LogP contribution in [0.25, 0.3) is 6.08 Å². The third-order valence-corrected chi connectivity index (χ3v) is 6.37. The summed E-state index contributed by atoms with van der Waals surface area (Å²) >= 11 is 0. The quantitative estimate of drug-likeness (QED) is 0.550. The summed E-state index contributed by atoms with van der Waals surface area (Å²) in [6.07, 6.45) is 2.86. The first kappa shape index (κ1) is 23.6. The van der Waals surface area contributed by atoms with E-state index in [9.17, 15) is 19.1 Å². The van der Waals surface area contributed by atoms with Gasteiger partial charge in [0.1, 0.15) is 10.9 Å². The number of rotatable bonds is 5. The second-order valence-electron chi connectivity index (χ2n) is 9.45. The number of carbonyl (C=O) groups is 1. The number of allylic oxidation sites excluding steroid dienone is 1. The first-order chi connectivity index (χ1) is 11.9. The van der Waals surface area contributed by atoms with Crippen molar-refractivity contribution < 1.29 is 23.9 Å². The number of hydrogen-bond donors (Lipinski definition) is 2. The molecule has 152 valence electrons. The highest BCUT2D eigenvalue weighted by Crippen LogP contribution is 2.50. The average molecular weight is 396 g/mol. The van der Waals surface area contributed by atoms with Crippen LogP contribution in [0.15, 0.2) is 18.2 Å². The number of carbonyl (C=O) groups excluding carboxylic acids is 1. The van der Waals surface area contributed by atoms with Crippen LogP contribution in [-0.4, -0.2) is 27.8 Å². The molecule has 0 heterocycles. The molecule has 0 aliphatic carbocycles. The number of methoxy groups -OCH3 is 1. The molecule has 0 aliphatic rings. The van der Waals surface area contributed by atoms with E-state index in [1.165, 1.54) is 19.9 Å². The first-order valence-electron chi connectivity index (χ1n) is 8.94. The van der Waals surface area contributed by atoms with E-state index in [-0.39, 0.29) is 10.8 Å². The van der Waals surface area contributed by atoms with E-state index in [0.717, 1.165) is 22.4 Å². The van der Waals surface area contributed by atoms with Gasteiger partial charge in [0.2, 0.25) is 0 Å². The Morgan fingerprint density at radius 2 is 1.37 bits per heavy atom. The van der Waals surface area contributed by atoms with Gasteiger partial charge in [0.25, 0.3) is 0 Å². The number of ether oxygens (including phenoxy) is 1. The van der Waals surface area contributed by atoms with Gasteiger partial charge in [-0.25, -0.2) is 0 Å². The van der Waals surface area contributed by atoms with E-state index in [2.05, 4.69) is 41.5 Å². The minimum absolute atomic E-state index is 0.176. The normalized spacial score (nSPS) is 13.9. The van der Waals surface area contributed by atoms with Crippen LogP contribution in [0.2, 0.25) is 0 Å². The molecule has 1 aromatic rings. The van der Waals surface area contributed by atoms with Crippen molar-refractivity contribution in [3.63, 3.8) is 0 Å². The Morgan fingerprint density at radius 1 is 0.963 bits per heavy atom. The van der Waals surface area contributed by atoms with E-state index in [1.807, 2.05) is 12.1 Å². The topological polar surface area (TPSA) is 83.8 Å². The van der Waals surface area contributed by atoms with Crippen LogP contribution < -0.4 is 4.74 Å². The molecule has 2 N–H and O–H groups in total. The van der Waals surface area contributed by atoms with E-state index in [1.54, 1.807) is 13.2 Å². The van der Waals surface area contributed by atoms with Gasteiger partial charge in [-0.15, -0.1) is 0 Å². The SMILES string of the molecule is COc1c(C(C)(C)C)cc(C=CC(=O)C(C)(C)P(=O)(O)O)cc1C(C)(C)C. The molecule has 5 nitrogen and oxygen atoms in total. The number of ketones is 1. The molecule has 0 saturated heterocycles. The summed E-state index contributed by atoms with van der Waals surface area (Å²) in [6, 6.07) is 3.92. The van der Waals surface area contributed by atoms with Crippen LogP contribution in [0.5, 0.6) is 5.75 Å². The van der Waals surface area contributed by atoms with Crippen LogP contribution in [0, 0.1) is 0 Å². The maximum absolute atomic E-state index is 12.4. The Bertz CT molecular complexity index is 751. The molecular formula is C21H33O5P. The summed E-state index contributed by atoms with van der Waals surface area (Å²) in [5, 5.41) is -1.75. The van der Waals surface area contributed by atoms with E-state index in [4.69, 9.17) is 4.74 Å². The van der Waals surface area contributed by atoms with Gasteiger partial charge in [-0.05, 0) is 48.4 Å². The van der Waals surface area contributed by atoms with E-state index >= 15 is 0 Å². The molecule has 0 amide bonds. The smallest absolute Gasteiger partial charge is 0.338 e. The fourth-order valence-corrected chi connectivity index (χ4v) is 2.96. The van der Waals surface area contributed by atoms with Gasteiger partial charge in [-0.2, -0.15) is 0 Å². The van der Waals surface area contributed by atoms with Gasteiger partial charge >= 0.3 is 7.60 Å². The summed E-state index contributed by atoms with van der Waals surface area (Å²) < 4.78 is 17.3. The minimum atomic E-state index is -4.55. The Balaban J connectivity index is 3.54. The average Bonchev–Trinajstić information content (AvgIpc) is 2.48. The number of hydrogen-bond acceptors (Lipinski definition) is 3. The standard InChI is InChI=1S/C21H33O5P/c1-19(2,3)15-12-14(13-16(18(15)26-9)20(4,5)6)10-11-17(22)21(7,8)27(23,24)25/h10-13H,1-9H3,(H2,23,24,25). The lowest BCUT2D eigenvalue weighted by molar-refractivity contribution is -0.116. The first-order valence-corrected chi connectivity index (χ1v) is 10.6.